The highest BCUT2D eigenvalue weighted by Gasteiger charge is 2.57. The van der Waals surface area contributed by atoms with Crippen molar-refractivity contribution in [1.82, 2.24) is 20.5 Å². The van der Waals surface area contributed by atoms with E-state index in [1.54, 1.807) is 12.1 Å². The lowest BCUT2D eigenvalue weighted by molar-refractivity contribution is -0.171. The highest BCUT2D eigenvalue weighted by Crippen LogP contribution is 2.47. The molecule has 0 aromatic carbocycles. The Bertz CT molecular complexity index is 952. The molecule has 9 heteroatoms. The maximum atomic E-state index is 14.4. The standard InChI is InChI=1S/C23H30F3N5O/c1-14(15-4-5-15)30-20(32)17-12-29-22(3,23(24,25)26)18(16-6-9-28-10-7-16)19(17)31-11-8-21(2,27)13-31/h6-7,9-10,12,14-15,29H,4-5,8,11,13,27H2,1-3H3,(H,30,32)/t14?,21-,22?/m0/s1. The molecule has 1 saturated carbocycles. The molecule has 1 aromatic heterocycles. The zero-order valence-corrected chi connectivity index (χ0v) is 18.6. The Labute approximate surface area is 186 Å². The third kappa shape index (κ3) is 4.10. The summed E-state index contributed by atoms with van der Waals surface area (Å²) in [6.07, 6.45) is 2.24. The highest BCUT2D eigenvalue weighted by molar-refractivity contribution is 6.02. The van der Waals surface area contributed by atoms with Crippen LogP contribution in [0.1, 0.15) is 45.6 Å². The smallest absolute Gasteiger partial charge is 0.373 e. The third-order valence-electron chi connectivity index (χ3n) is 6.79. The van der Waals surface area contributed by atoms with E-state index in [0.29, 0.717) is 31.0 Å². The first-order chi connectivity index (χ1) is 14.9. The quantitative estimate of drug-likeness (QED) is 0.644. The van der Waals surface area contributed by atoms with Crippen molar-refractivity contribution in [2.24, 2.45) is 11.7 Å². The molecule has 1 aliphatic carbocycles. The summed E-state index contributed by atoms with van der Waals surface area (Å²) in [5, 5.41) is 5.51. The van der Waals surface area contributed by atoms with Crippen LogP contribution >= 0.6 is 0 Å². The first-order valence-electron chi connectivity index (χ1n) is 11.0. The van der Waals surface area contributed by atoms with Gasteiger partial charge >= 0.3 is 6.18 Å². The van der Waals surface area contributed by atoms with E-state index in [2.05, 4.69) is 15.6 Å². The number of likely N-dealkylation sites (tertiary alicyclic amines) is 1. The number of nitrogens with zero attached hydrogens (tertiary/aromatic N) is 2. The third-order valence-corrected chi connectivity index (χ3v) is 6.79. The summed E-state index contributed by atoms with van der Waals surface area (Å²) in [6.45, 7) is 5.74. The number of halogens is 3. The van der Waals surface area contributed by atoms with Crippen molar-refractivity contribution < 1.29 is 18.0 Å². The van der Waals surface area contributed by atoms with Crippen LogP contribution in [0.5, 0.6) is 0 Å². The summed E-state index contributed by atoms with van der Waals surface area (Å²) in [5.74, 6) is 0.0380. The van der Waals surface area contributed by atoms with Crippen LogP contribution < -0.4 is 16.4 Å². The fourth-order valence-electron chi connectivity index (χ4n) is 4.57. The normalized spacial score (nSPS) is 29.5. The van der Waals surface area contributed by atoms with Gasteiger partial charge in [0.25, 0.3) is 5.91 Å². The number of pyridine rings is 1. The lowest BCUT2D eigenvalue weighted by Gasteiger charge is -2.42. The van der Waals surface area contributed by atoms with E-state index in [4.69, 9.17) is 5.73 Å². The summed E-state index contributed by atoms with van der Waals surface area (Å²) in [6, 6.07) is 3.06. The molecule has 174 valence electrons. The fourth-order valence-corrected chi connectivity index (χ4v) is 4.57. The Morgan fingerprint density at radius 1 is 1.31 bits per heavy atom. The minimum atomic E-state index is -4.61. The van der Waals surface area contributed by atoms with Crippen molar-refractivity contribution in [2.75, 3.05) is 13.1 Å². The first-order valence-corrected chi connectivity index (χ1v) is 11.0. The average Bonchev–Trinajstić information content (AvgIpc) is 3.50. The highest BCUT2D eigenvalue weighted by atomic mass is 19.4. The van der Waals surface area contributed by atoms with Gasteiger partial charge in [0.15, 0.2) is 5.54 Å². The molecule has 1 saturated heterocycles. The van der Waals surface area contributed by atoms with Gasteiger partial charge in [0.2, 0.25) is 0 Å². The molecule has 2 aliphatic heterocycles. The largest absolute Gasteiger partial charge is 0.415 e. The minimum absolute atomic E-state index is 0.0109. The van der Waals surface area contributed by atoms with Crippen LogP contribution in [-0.2, 0) is 4.79 Å². The number of carbonyl (C=O) groups excluding carboxylic acids is 1. The van der Waals surface area contributed by atoms with Gasteiger partial charge in [0, 0.05) is 48.8 Å². The molecule has 3 atom stereocenters. The summed E-state index contributed by atoms with van der Waals surface area (Å²) in [5.41, 5.74) is 4.24. The number of dihydropyridines is 1. The van der Waals surface area contributed by atoms with E-state index >= 15 is 0 Å². The van der Waals surface area contributed by atoms with Crippen LogP contribution in [0.15, 0.2) is 42.0 Å². The number of carbonyl (C=O) groups is 1. The van der Waals surface area contributed by atoms with E-state index in [1.165, 1.54) is 18.6 Å². The summed E-state index contributed by atoms with van der Waals surface area (Å²) < 4.78 is 43.3. The number of alkyl halides is 3. The van der Waals surface area contributed by atoms with Gasteiger partial charge < -0.3 is 21.3 Å². The van der Waals surface area contributed by atoms with Crippen LogP contribution in [0, 0.1) is 5.92 Å². The summed E-state index contributed by atoms with van der Waals surface area (Å²) in [4.78, 5) is 19.1. The second-order valence-corrected chi connectivity index (χ2v) is 9.71. The van der Waals surface area contributed by atoms with Gasteiger partial charge in [0.05, 0.1) is 11.3 Å². The second kappa shape index (κ2) is 7.79. The molecule has 4 N–H and O–H groups in total. The van der Waals surface area contributed by atoms with Crippen LogP contribution in [0.4, 0.5) is 13.2 Å². The Morgan fingerprint density at radius 2 is 1.97 bits per heavy atom. The van der Waals surface area contributed by atoms with E-state index in [1.807, 2.05) is 18.7 Å². The molecule has 3 aliphatic rings. The van der Waals surface area contributed by atoms with Gasteiger partial charge in [-0.1, -0.05) is 0 Å². The van der Waals surface area contributed by atoms with Crippen LogP contribution in [-0.4, -0.2) is 52.2 Å². The van der Waals surface area contributed by atoms with Crippen molar-refractivity contribution in [3.05, 3.63) is 47.6 Å². The molecule has 1 aromatic rings. The van der Waals surface area contributed by atoms with Crippen LogP contribution in [0.2, 0.25) is 0 Å². The van der Waals surface area contributed by atoms with Gasteiger partial charge in [-0.3, -0.25) is 9.78 Å². The summed E-state index contributed by atoms with van der Waals surface area (Å²) >= 11 is 0. The molecular formula is C23H30F3N5O. The zero-order chi connectivity index (χ0) is 23.3. The maximum Gasteiger partial charge on any atom is 0.415 e. The second-order valence-electron chi connectivity index (χ2n) is 9.71. The lowest BCUT2D eigenvalue weighted by Crippen LogP contribution is -2.57. The van der Waals surface area contributed by atoms with Gasteiger partial charge in [-0.25, -0.2) is 0 Å². The molecule has 1 amide bonds. The number of nitrogens with two attached hydrogens (primary N) is 1. The predicted octanol–water partition coefficient (Wildman–Crippen LogP) is 2.94. The molecular weight excluding hydrogens is 419 g/mol. The van der Waals surface area contributed by atoms with E-state index in [0.717, 1.165) is 19.8 Å². The van der Waals surface area contributed by atoms with E-state index in [-0.39, 0.29) is 28.8 Å². The number of aromatic nitrogens is 1. The molecule has 2 unspecified atom stereocenters. The number of nitrogens with one attached hydrogen (secondary N) is 2. The van der Waals surface area contributed by atoms with Crippen LogP contribution in [0.3, 0.4) is 0 Å². The van der Waals surface area contributed by atoms with E-state index < -0.39 is 17.3 Å². The Balaban J connectivity index is 1.87. The minimum Gasteiger partial charge on any atom is -0.373 e. The Hall–Kier alpha value is -2.55. The number of rotatable bonds is 5. The van der Waals surface area contributed by atoms with Crippen molar-refractivity contribution in [3.63, 3.8) is 0 Å². The first kappa shape index (κ1) is 22.6. The molecule has 2 fully saturated rings. The molecule has 4 rings (SSSR count). The van der Waals surface area contributed by atoms with Crippen molar-refractivity contribution >= 4 is 11.5 Å². The number of hydrogen-bond donors (Lipinski definition) is 3. The van der Waals surface area contributed by atoms with Gasteiger partial charge in [-0.05, 0) is 63.6 Å². The predicted molar refractivity (Wildman–Crippen MR) is 116 cm³/mol. The van der Waals surface area contributed by atoms with Gasteiger partial charge in [-0.15, -0.1) is 0 Å². The van der Waals surface area contributed by atoms with Crippen molar-refractivity contribution in [2.45, 2.75) is 63.3 Å². The van der Waals surface area contributed by atoms with Gasteiger partial charge in [-0.2, -0.15) is 13.2 Å². The van der Waals surface area contributed by atoms with E-state index in [9.17, 15) is 18.0 Å². The van der Waals surface area contributed by atoms with Gasteiger partial charge in [0.1, 0.15) is 0 Å². The maximum absolute atomic E-state index is 14.4. The summed E-state index contributed by atoms with van der Waals surface area (Å²) in [7, 11) is 0. The molecule has 3 heterocycles. The molecule has 0 bridgehead atoms. The van der Waals surface area contributed by atoms with Crippen molar-refractivity contribution in [3.8, 4) is 0 Å². The van der Waals surface area contributed by atoms with Crippen molar-refractivity contribution in [1.29, 1.82) is 0 Å². The fraction of sp³-hybridized carbons (Fsp3) is 0.565. The topological polar surface area (TPSA) is 83.3 Å². The molecule has 0 spiro atoms. The monoisotopic (exact) mass is 449 g/mol. The number of amides is 1. The zero-order valence-electron chi connectivity index (χ0n) is 18.6. The Morgan fingerprint density at radius 3 is 2.50 bits per heavy atom. The SMILES string of the molecule is CC(NC(=O)C1=CNC(C)(C(F)(F)F)C(c2ccncc2)=C1N1CC[C@](C)(N)C1)C1CC1. The molecule has 32 heavy (non-hydrogen) atoms. The Kier molecular flexibility index (Phi) is 5.51. The number of hydrogen-bond acceptors (Lipinski definition) is 5. The average molecular weight is 450 g/mol. The lowest BCUT2D eigenvalue weighted by atomic mass is 9.80. The van der Waals surface area contributed by atoms with Crippen LogP contribution in [0.25, 0.3) is 5.57 Å². The molecule has 0 radical (unpaired) electrons. The molecule has 6 nitrogen and oxygen atoms in total.